The molecule has 2 aliphatic rings. The van der Waals surface area contributed by atoms with Gasteiger partial charge >= 0.3 is 11.9 Å². The molecule has 2 aromatic carbocycles. The maximum Gasteiger partial charge on any atom is 0.328 e. The molecule has 3 aromatic heterocycles. The van der Waals surface area contributed by atoms with Gasteiger partial charge in [-0.05, 0) is 32.9 Å². The summed E-state index contributed by atoms with van der Waals surface area (Å²) >= 11 is 0. The fraction of sp³-hybridized carbons (Fsp3) is 0.286. The molecule has 0 bridgehead atoms. The number of aromatic amines is 1. The van der Waals surface area contributed by atoms with Gasteiger partial charge in [0.1, 0.15) is 0 Å². The average molecular weight is 639 g/mol. The first kappa shape index (κ1) is 32.7. The number of aryl methyl sites for hydroxylation is 3. The van der Waals surface area contributed by atoms with E-state index in [1.165, 1.54) is 16.9 Å². The van der Waals surface area contributed by atoms with Crippen molar-refractivity contribution >= 4 is 45.6 Å². The third-order valence-corrected chi connectivity index (χ3v) is 8.43. The third-order valence-electron chi connectivity index (χ3n) is 8.43. The molecule has 12 nitrogen and oxygen atoms in total. The van der Waals surface area contributed by atoms with Crippen molar-refractivity contribution in [1.82, 2.24) is 29.3 Å². The predicted octanol–water partition coefficient (Wildman–Crippen LogP) is 4.55. The lowest BCUT2D eigenvalue weighted by molar-refractivity contribution is -0.134. The van der Waals surface area contributed by atoms with Gasteiger partial charge in [-0.2, -0.15) is 0 Å². The summed E-state index contributed by atoms with van der Waals surface area (Å²) in [6, 6.07) is 16.3. The van der Waals surface area contributed by atoms with Gasteiger partial charge in [-0.3, -0.25) is 9.59 Å². The van der Waals surface area contributed by atoms with Crippen LogP contribution in [0.2, 0.25) is 0 Å². The number of carboxylic acids is 2. The highest BCUT2D eigenvalue weighted by atomic mass is 16.4. The Morgan fingerprint density at radius 2 is 1.40 bits per heavy atom. The lowest BCUT2D eigenvalue weighted by Gasteiger charge is -2.27. The number of nitrogens with zero attached hydrogens (tertiary/aromatic N) is 4. The molecule has 244 valence electrons. The minimum Gasteiger partial charge on any atom is -0.478 e. The number of carboxylic acid groups (broad SMARTS) is 2. The summed E-state index contributed by atoms with van der Waals surface area (Å²) in [4.78, 5) is 53.4. The number of H-pyrrole nitrogens is 1. The summed E-state index contributed by atoms with van der Waals surface area (Å²) < 4.78 is 4.53. The van der Waals surface area contributed by atoms with Crippen LogP contribution < -0.4 is 5.32 Å². The highest BCUT2D eigenvalue weighted by Crippen LogP contribution is 2.32. The lowest BCUT2D eigenvalue weighted by atomic mass is 10.0. The number of para-hydroxylation sites is 2. The molecule has 2 aliphatic heterocycles. The number of amides is 2. The second kappa shape index (κ2) is 14.2. The molecule has 5 heterocycles. The van der Waals surface area contributed by atoms with Gasteiger partial charge in [0, 0.05) is 90.1 Å². The van der Waals surface area contributed by atoms with Crippen molar-refractivity contribution in [3.63, 3.8) is 0 Å². The molecule has 0 unspecified atom stereocenters. The normalized spacial score (nSPS) is 13.8. The number of hydrogen-bond donors (Lipinski definition) is 4. The fourth-order valence-electron chi connectivity index (χ4n) is 6.35. The number of imidazole rings is 1. The Labute approximate surface area is 271 Å². The number of rotatable bonds is 6. The summed E-state index contributed by atoms with van der Waals surface area (Å²) in [6.07, 6.45) is 4.63. The van der Waals surface area contributed by atoms with E-state index in [1.54, 1.807) is 6.33 Å². The molecule has 5 aromatic rings. The van der Waals surface area contributed by atoms with Crippen molar-refractivity contribution in [2.75, 3.05) is 13.1 Å². The number of aliphatic carboxylic acids is 2. The average Bonchev–Trinajstić information content (AvgIpc) is 3.73. The molecule has 0 aliphatic carbocycles. The number of carbonyl (C=O) groups is 4. The van der Waals surface area contributed by atoms with Crippen LogP contribution in [0.15, 0.2) is 67.0 Å². The van der Waals surface area contributed by atoms with Gasteiger partial charge in [0.05, 0.1) is 29.7 Å². The molecule has 7 rings (SSSR count). The van der Waals surface area contributed by atoms with E-state index < -0.39 is 11.9 Å². The predicted molar refractivity (Wildman–Crippen MR) is 177 cm³/mol. The van der Waals surface area contributed by atoms with E-state index in [1.807, 2.05) is 42.2 Å². The number of benzene rings is 2. The first-order chi connectivity index (χ1) is 22.7. The second-order valence-electron chi connectivity index (χ2n) is 11.1. The quantitative estimate of drug-likeness (QED) is 0.198. The Morgan fingerprint density at radius 1 is 0.851 bits per heavy atom. The molecule has 0 saturated carbocycles. The van der Waals surface area contributed by atoms with E-state index in [-0.39, 0.29) is 11.8 Å². The molecular weight excluding hydrogens is 600 g/mol. The van der Waals surface area contributed by atoms with Crippen LogP contribution in [0.25, 0.3) is 21.8 Å². The summed E-state index contributed by atoms with van der Waals surface area (Å²) in [5.41, 5.74) is 8.42. The van der Waals surface area contributed by atoms with Gasteiger partial charge in [-0.1, -0.05) is 36.4 Å². The Hall–Kier alpha value is -5.65. The molecule has 4 N–H and O–H groups in total. The van der Waals surface area contributed by atoms with Crippen LogP contribution in [0.4, 0.5) is 0 Å². The van der Waals surface area contributed by atoms with E-state index in [2.05, 4.69) is 56.5 Å². The second-order valence-corrected chi connectivity index (χ2v) is 11.1. The molecule has 0 saturated heterocycles. The van der Waals surface area contributed by atoms with Gasteiger partial charge in [0.2, 0.25) is 0 Å². The Kier molecular flexibility index (Phi) is 9.88. The Balaban J connectivity index is 0.000000157. The zero-order valence-electron chi connectivity index (χ0n) is 26.6. The molecule has 2 amide bonds. The molecule has 0 atom stereocenters. The highest BCUT2D eigenvalue weighted by molar-refractivity contribution is 6.10. The van der Waals surface area contributed by atoms with E-state index in [0.29, 0.717) is 18.7 Å². The number of aromatic nitrogens is 4. The van der Waals surface area contributed by atoms with E-state index in [9.17, 15) is 19.2 Å². The lowest BCUT2D eigenvalue weighted by Crippen LogP contribution is -2.37. The van der Waals surface area contributed by atoms with E-state index in [4.69, 9.17) is 10.2 Å². The zero-order valence-corrected chi connectivity index (χ0v) is 26.6. The van der Waals surface area contributed by atoms with Crippen LogP contribution in [0.3, 0.4) is 0 Å². The van der Waals surface area contributed by atoms with Crippen LogP contribution in [0, 0.1) is 6.92 Å². The zero-order chi connectivity index (χ0) is 33.7. The maximum absolute atomic E-state index is 13.1. The van der Waals surface area contributed by atoms with Gasteiger partial charge < -0.3 is 34.5 Å². The highest BCUT2D eigenvalue weighted by Gasteiger charge is 2.31. The fourth-order valence-corrected chi connectivity index (χ4v) is 6.35. The molecule has 0 fully saturated rings. The van der Waals surface area contributed by atoms with Crippen molar-refractivity contribution < 1.29 is 29.4 Å². The van der Waals surface area contributed by atoms with Crippen LogP contribution in [0.5, 0.6) is 0 Å². The number of fused-ring (bicyclic) bond motifs is 6. The standard InChI is InChI=1S/C18H20N4O.C13H14N2O.C4H4O4/c1-3-22-15-7-5-4-6-13(15)17-16(22)8-9-21(18(17)23)10-14-12(2)19-11-20-14;1-2-15-10-6-4-3-5-9(10)12-11(15)7-8-14-13(12)16;5-3(6)1-2-4(7)8/h4-7,11H,3,8-10H2,1-2H3,(H,19,20);3-6H,2,7-8H2,1H3,(H,14,16);1-2H,(H,5,6)(H,7,8). The minimum absolute atomic E-state index is 0.0738. The van der Waals surface area contributed by atoms with Crippen LogP contribution in [-0.4, -0.2) is 71.1 Å². The van der Waals surface area contributed by atoms with Gasteiger partial charge in [0.15, 0.2) is 0 Å². The van der Waals surface area contributed by atoms with E-state index >= 15 is 0 Å². The van der Waals surface area contributed by atoms with Crippen LogP contribution >= 0.6 is 0 Å². The van der Waals surface area contributed by atoms with Gasteiger partial charge in [0.25, 0.3) is 11.8 Å². The first-order valence-corrected chi connectivity index (χ1v) is 15.6. The maximum atomic E-state index is 13.1. The van der Waals surface area contributed by atoms with Crippen molar-refractivity contribution in [2.45, 2.75) is 53.2 Å². The Bertz CT molecular complexity index is 1980. The molecule has 12 heteroatoms. The third kappa shape index (κ3) is 6.67. The van der Waals surface area contributed by atoms with Crippen molar-refractivity contribution in [2.24, 2.45) is 0 Å². The van der Waals surface area contributed by atoms with Crippen LogP contribution in [-0.2, 0) is 42.1 Å². The van der Waals surface area contributed by atoms with Gasteiger partial charge in [-0.15, -0.1) is 0 Å². The monoisotopic (exact) mass is 638 g/mol. The Morgan fingerprint density at radius 3 is 1.94 bits per heavy atom. The molecule has 0 radical (unpaired) electrons. The summed E-state index contributed by atoms with van der Waals surface area (Å²) in [5.74, 6) is -2.32. The van der Waals surface area contributed by atoms with Gasteiger partial charge in [-0.25, -0.2) is 14.6 Å². The summed E-state index contributed by atoms with van der Waals surface area (Å²) in [5, 5.41) is 20.7. The number of carbonyl (C=O) groups excluding carboxylic acids is 2. The van der Waals surface area contributed by atoms with E-state index in [0.717, 1.165) is 77.8 Å². The SMILES string of the molecule is CCn1c2c(c3ccccc31)C(=O)N(Cc1nc[nH]c1C)CC2.CCn1c2c(c3ccccc31)C(=O)NCC2.O=C(O)C=CC(=O)O. The molecular formula is C35H38N6O6. The van der Waals surface area contributed by atoms with Crippen molar-refractivity contribution in [1.29, 1.82) is 0 Å². The van der Waals surface area contributed by atoms with Crippen molar-refractivity contribution in [3.05, 3.63) is 101 Å². The topological polar surface area (TPSA) is 163 Å². The smallest absolute Gasteiger partial charge is 0.328 e. The number of hydrogen-bond acceptors (Lipinski definition) is 5. The largest absolute Gasteiger partial charge is 0.478 e. The molecule has 47 heavy (non-hydrogen) atoms. The summed E-state index contributed by atoms with van der Waals surface area (Å²) in [6.45, 7) is 10.1. The first-order valence-electron chi connectivity index (χ1n) is 15.6. The minimum atomic E-state index is -1.26. The van der Waals surface area contributed by atoms with Crippen molar-refractivity contribution in [3.8, 4) is 0 Å². The van der Waals surface area contributed by atoms with Crippen LogP contribution in [0.1, 0.15) is 57.3 Å². The summed E-state index contributed by atoms with van der Waals surface area (Å²) in [7, 11) is 0. The molecule has 0 spiro atoms. The number of nitrogens with one attached hydrogen (secondary N) is 2.